The molecule has 1 aliphatic rings. The first-order valence-corrected chi connectivity index (χ1v) is 8.39. The number of hydrogen-bond donors (Lipinski definition) is 2. The van der Waals surface area contributed by atoms with Crippen LogP contribution in [-0.4, -0.2) is 43.9 Å². The van der Waals surface area contributed by atoms with Crippen molar-refractivity contribution in [2.75, 3.05) is 12.4 Å². The molecule has 2 unspecified atom stereocenters. The van der Waals surface area contributed by atoms with Crippen molar-refractivity contribution in [2.45, 2.75) is 45.1 Å². The molecule has 2 atom stereocenters. The fraction of sp³-hybridized carbons (Fsp3) is 0.833. The van der Waals surface area contributed by atoms with E-state index in [0.717, 1.165) is 19.3 Å². The third-order valence-electron chi connectivity index (χ3n) is 3.28. The summed E-state index contributed by atoms with van der Waals surface area (Å²) in [4.78, 5) is 22.4. The van der Waals surface area contributed by atoms with Crippen LogP contribution in [0.1, 0.15) is 39.0 Å². The zero-order valence-corrected chi connectivity index (χ0v) is 12.3. The minimum Gasteiger partial charge on any atom is -0.481 e. The zero-order valence-electron chi connectivity index (χ0n) is 11.5. The minimum atomic E-state index is -3.87. The molecular formula is C12H21NO6S. The highest BCUT2D eigenvalue weighted by Gasteiger charge is 2.33. The average Bonchev–Trinajstić information content (AvgIpc) is 2.53. The summed E-state index contributed by atoms with van der Waals surface area (Å²) in [5.41, 5.74) is 0. The number of carboxylic acids is 1. The first-order chi connectivity index (χ1) is 9.35. The van der Waals surface area contributed by atoms with Gasteiger partial charge in [0.25, 0.3) is 0 Å². The Morgan fingerprint density at radius 1 is 1.25 bits per heavy atom. The number of sulfonamides is 1. The number of aliphatic carboxylic acids is 1. The summed E-state index contributed by atoms with van der Waals surface area (Å²) in [5, 5.41) is 9.17. The van der Waals surface area contributed by atoms with Crippen molar-refractivity contribution in [3.8, 4) is 0 Å². The Hall–Kier alpha value is -1.15. The summed E-state index contributed by atoms with van der Waals surface area (Å²) in [5.74, 6) is -3.35. The molecule has 1 fully saturated rings. The highest BCUT2D eigenvalue weighted by molar-refractivity contribution is 7.90. The number of carboxylic acid groups (broad SMARTS) is 1. The van der Waals surface area contributed by atoms with E-state index in [9.17, 15) is 23.1 Å². The lowest BCUT2D eigenvalue weighted by atomic mass is 9.96. The van der Waals surface area contributed by atoms with Gasteiger partial charge in [-0.25, -0.2) is 13.1 Å². The van der Waals surface area contributed by atoms with Gasteiger partial charge in [-0.1, -0.05) is 19.3 Å². The van der Waals surface area contributed by atoms with Gasteiger partial charge in [-0.15, -0.1) is 0 Å². The van der Waals surface area contributed by atoms with Crippen LogP contribution in [0.4, 0.5) is 0 Å². The smallest absolute Gasteiger partial charge is 0.322 e. The van der Waals surface area contributed by atoms with Crippen molar-refractivity contribution < 1.29 is 27.9 Å². The predicted octanol–water partition coefficient (Wildman–Crippen LogP) is 0.502. The van der Waals surface area contributed by atoms with Crippen LogP contribution in [0.25, 0.3) is 0 Å². The maximum Gasteiger partial charge on any atom is 0.322 e. The van der Waals surface area contributed by atoms with Gasteiger partial charge in [-0.05, 0) is 19.8 Å². The van der Waals surface area contributed by atoms with Gasteiger partial charge in [0.15, 0.2) is 5.75 Å². The molecule has 20 heavy (non-hydrogen) atoms. The molecule has 1 rings (SSSR count). The molecule has 2 N–H and O–H groups in total. The molecule has 0 aromatic rings. The van der Waals surface area contributed by atoms with Crippen molar-refractivity contribution >= 4 is 22.0 Å². The largest absolute Gasteiger partial charge is 0.481 e. The van der Waals surface area contributed by atoms with E-state index >= 15 is 0 Å². The lowest BCUT2D eigenvalue weighted by molar-refractivity contribution is -0.142. The van der Waals surface area contributed by atoms with E-state index < -0.39 is 39.7 Å². The van der Waals surface area contributed by atoms with Gasteiger partial charge in [0.1, 0.15) is 0 Å². The van der Waals surface area contributed by atoms with E-state index in [2.05, 4.69) is 9.46 Å². The van der Waals surface area contributed by atoms with Crippen molar-refractivity contribution in [1.82, 2.24) is 4.72 Å². The Labute approximate surface area is 118 Å². The summed E-state index contributed by atoms with van der Waals surface area (Å²) in [7, 11) is -3.87. The molecule has 0 amide bonds. The van der Waals surface area contributed by atoms with E-state index in [1.807, 2.05) is 0 Å². The van der Waals surface area contributed by atoms with Crippen molar-refractivity contribution in [3.63, 3.8) is 0 Å². The molecule has 0 heterocycles. The van der Waals surface area contributed by atoms with Crippen molar-refractivity contribution in [3.05, 3.63) is 0 Å². The van der Waals surface area contributed by atoms with Crippen LogP contribution in [0.15, 0.2) is 0 Å². The Kier molecular flexibility index (Phi) is 6.41. The Morgan fingerprint density at radius 3 is 2.50 bits per heavy atom. The van der Waals surface area contributed by atoms with Gasteiger partial charge in [0, 0.05) is 6.04 Å². The third kappa shape index (κ3) is 5.46. The summed E-state index contributed by atoms with van der Waals surface area (Å²) >= 11 is 0. The van der Waals surface area contributed by atoms with Crippen molar-refractivity contribution in [2.24, 2.45) is 5.92 Å². The first-order valence-electron chi connectivity index (χ1n) is 6.74. The van der Waals surface area contributed by atoms with E-state index in [1.54, 1.807) is 6.92 Å². The van der Waals surface area contributed by atoms with Gasteiger partial charge in [0.05, 0.1) is 12.5 Å². The summed E-state index contributed by atoms with van der Waals surface area (Å²) in [6.45, 7) is 1.69. The normalized spacial score (nSPS) is 23.9. The van der Waals surface area contributed by atoms with Crippen LogP contribution in [0.5, 0.6) is 0 Å². The maximum atomic E-state index is 11.9. The van der Waals surface area contributed by atoms with Crippen LogP contribution >= 0.6 is 0 Å². The third-order valence-corrected chi connectivity index (χ3v) is 4.55. The second-order valence-electron chi connectivity index (χ2n) is 4.87. The second-order valence-corrected chi connectivity index (χ2v) is 6.63. The number of esters is 1. The molecule has 0 aliphatic heterocycles. The van der Waals surface area contributed by atoms with Crippen LogP contribution in [0.3, 0.4) is 0 Å². The number of hydrogen-bond acceptors (Lipinski definition) is 5. The lowest BCUT2D eigenvalue weighted by Crippen LogP contribution is -2.44. The molecule has 0 saturated heterocycles. The molecule has 1 saturated carbocycles. The summed E-state index contributed by atoms with van der Waals surface area (Å²) < 4.78 is 30.7. The number of ether oxygens (including phenoxy) is 1. The fourth-order valence-corrected chi connectivity index (χ4v) is 3.59. The maximum absolute atomic E-state index is 11.9. The summed E-state index contributed by atoms with van der Waals surface area (Å²) in [6.07, 6.45) is 3.35. The van der Waals surface area contributed by atoms with Gasteiger partial charge >= 0.3 is 11.9 Å². The Balaban J connectivity index is 2.71. The first kappa shape index (κ1) is 16.9. The highest BCUT2D eigenvalue weighted by Crippen LogP contribution is 2.24. The van der Waals surface area contributed by atoms with Crippen LogP contribution in [-0.2, 0) is 24.3 Å². The average molecular weight is 307 g/mol. The molecule has 0 bridgehead atoms. The molecular weight excluding hydrogens is 286 g/mol. The number of carbonyl (C=O) groups excluding carboxylic acids is 1. The second kappa shape index (κ2) is 7.58. The molecule has 0 aromatic heterocycles. The lowest BCUT2D eigenvalue weighted by Gasteiger charge is -2.22. The Morgan fingerprint density at radius 2 is 1.90 bits per heavy atom. The van der Waals surface area contributed by atoms with E-state index in [0.29, 0.717) is 12.8 Å². The fourth-order valence-electron chi connectivity index (χ4n) is 2.37. The number of nitrogens with one attached hydrogen (secondary N) is 1. The van der Waals surface area contributed by atoms with Gasteiger partial charge in [-0.3, -0.25) is 9.59 Å². The molecule has 8 heteroatoms. The summed E-state index contributed by atoms with van der Waals surface area (Å²) in [6, 6.07) is -0.658. The highest BCUT2D eigenvalue weighted by atomic mass is 32.2. The monoisotopic (exact) mass is 307 g/mol. The minimum absolute atomic E-state index is 0.107. The zero-order chi connectivity index (χ0) is 15.2. The quantitative estimate of drug-likeness (QED) is 0.546. The van der Waals surface area contributed by atoms with Gasteiger partial charge in [0.2, 0.25) is 10.0 Å². The van der Waals surface area contributed by atoms with Gasteiger partial charge in [-0.2, -0.15) is 0 Å². The molecule has 0 radical (unpaired) electrons. The topological polar surface area (TPSA) is 110 Å². The van der Waals surface area contributed by atoms with E-state index in [-0.39, 0.29) is 6.61 Å². The molecule has 0 spiro atoms. The SMILES string of the molecule is CCOC(=O)CS(=O)(=O)NC1CCCCCC1C(=O)O. The van der Waals surface area contributed by atoms with E-state index in [4.69, 9.17) is 0 Å². The molecule has 0 aromatic carbocycles. The number of carbonyl (C=O) groups is 2. The van der Waals surface area contributed by atoms with Crippen molar-refractivity contribution in [1.29, 1.82) is 0 Å². The van der Waals surface area contributed by atoms with Crippen LogP contribution < -0.4 is 4.72 Å². The predicted molar refractivity (Wildman–Crippen MR) is 71.6 cm³/mol. The van der Waals surface area contributed by atoms with Gasteiger partial charge < -0.3 is 9.84 Å². The van der Waals surface area contributed by atoms with E-state index in [1.165, 1.54) is 0 Å². The molecule has 7 nitrogen and oxygen atoms in total. The molecule has 116 valence electrons. The van der Waals surface area contributed by atoms with Crippen LogP contribution in [0, 0.1) is 5.92 Å². The number of rotatable bonds is 6. The molecule has 1 aliphatic carbocycles. The Bertz CT molecular complexity index is 447. The van der Waals surface area contributed by atoms with Crippen LogP contribution in [0.2, 0.25) is 0 Å². The standard InChI is InChI=1S/C12H21NO6S/c1-2-19-11(14)8-20(17,18)13-10-7-5-3-4-6-9(10)12(15)16/h9-10,13H,2-8H2,1H3,(H,15,16).